The van der Waals surface area contributed by atoms with Crippen molar-refractivity contribution in [1.29, 1.82) is 0 Å². The predicted molar refractivity (Wildman–Crippen MR) is 140 cm³/mol. The maximum Gasteiger partial charge on any atom is 0.262 e. The number of rotatable bonds is 8. The van der Waals surface area contributed by atoms with Gasteiger partial charge in [-0.1, -0.05) is 19.1 Å². The molecule has 2 N–H and O–H groups in total. The van der Waals surface area contributed by atoms with E-state index in [1.165, 1.54) is 42.5 Å². The molecule has 1 fully saturated rings. The molecule has 3 aromatic rings. The summed E-state index contributed by atoms with van der Waals surface area (Å²) in [5.41, 5.74) is 0.615. The summed E-state index contributed by atoms with van der Waals surface area (Å²) < 4.78 is 85.6. The zero-order chi connectivity index (χ0) is 26.8. The first kappa shape index (κ1) is 26.8. The van der Waals surface area contributed by atoms with Gasteiger partial charge in [-0.2, -0.15) is 0 Å². The SMILES string of the molecule is CCc1c(F)cccc1S(=O)(=O)Nc1cc(N2CCN(C)CC2)ccc1NS(=O)(=O)c1cccc(F)c1. The number of benzene rings is 3. The van der Waals surface area contributed by atoms with Gasteiger partial charge in [0.1, 0.15) is 11.6 Å². The Hall–Kier alpha value is -3.22. The van der Waals surface area contributed by atoms with E-state index >= 15 is 0 Å². The lowest BCUT2D eigenvalue weighted by Gasteiger charge is -2.34. The van der Waals surface area contributed by atoms with Crippen LogP contribution in [-0.2, 0) is 26.5 Å². The average Bonchev–Trinajstić information content (AvgIpc) is 2.85. The lowest BCUT2D eigenvalue weighted by atomic mass is 10.1. The molecule has 0 saturated carbocycles. The van der Waals surface area contributed by atoms with Crippen LogP contribution in [0.4, 0.5) is 25.8 Å². The van der Waals surface area contributed by atoms with Gasteiger partial charge in [0.2, 0.25) is 0 Å². The quantitative estimate of drug-likeness (QED) is 0.442. The normalized spacial score (nSPS) is 15.0. The van der Waals surface area contributed by atoms with Crippen molar-refractivity contribution in [3.05, 3.63) is 77.9 Å². The molecule has 1 heterocycles. The second kappa shape index (κ2) is 10.6. The van der Waals surface area contributed by atoms with E-state index in [0.717, 1.165) is 25.2 Å². The minimum atomic E-state index is -4.30. The van der Waals surface area contributed by atoms with Crippen LogP contribution in [0.3, 0.4) is 0 Å². The fourth-order valence-corrected chi connectivity index (χ4v) is 6.64. The fourth-order valence-electron chi connectivity index (χ4n) is 4.14. The molecule has 0 amide bonds. The van der Waals surface area contributed by atoms with Gasteiger partial charge < -0.3 is 9.80 Å². The van der Waals surface area contributed by atoms with Crippen molar-refractivity contribution in [2.24, 2.45) is 0 Å². The Balaban J connectivity index is 1.76. The highest BCUT2D eigenvalue weighted by Gasteiger charge is 2.25. The third kappa shape index (κ3) is 6.03. The van der Waals surface area contributed by atoms with Crippen LogP contribution < -0.4 is 14.3 Å². The van der Waals surface area contributed by atoms with E-state index in [1.54, 1.807) is 13.0 Å². The summed E-state index contributed by atoms with van der Waals surface area (Å²) in [7, 11) is -6.54. The van der Waals surface area contributed by atoms with Crippen molar-refractivity contribution >= 4 is 37.1 Å². The van der Waals surface area contributed by atoms with Crippen molar-refractivity contribution in [2.75, 3.05) is 47.6 Å². The van der Waals surface area contributed by atoms with Crippen molar-refractivity contribution in [3.63, 3.8) is 0 Å². The monoisotopic (exact) mass is 550 g/mol. The van der Waals surface area contributed by atoms with Gasteiger partial charge in [-0.05, 0) is 62.0 Å². The summed E-state index contributed by atoms with van der Waals surface area (Å²) in [6, 6.07) is 12.9. The Bertz CT molecular complexity index is 1510. The molecule has 0 radical (unpaired) electrons. The van der Waals surface area contributed by atoms with Gasteiger partial charge in [0, 0.05) is 37.4 Å². The van der Waals surface area contributed by atoms with Gasteiger partial charge in [0.05, 0.1) is 21.2 Å². The summed E-state index contributed by atoms with van der Waals surface area (Å²) in [6.45, 7) is 4.64. The lowest BCUT2D eigenvalue weighted by molar-refractivity contribution is 0.313. The van der Waals surface area contributed by atoms with Crippen LogP contribution in [0.15, 0.2) is 70.5 Å². The van der Waals surface area contributed by atoms with Crippen molar-refractivity contribution in [1.82, 2.24) is 4.90 Å². The molecule has 1 saturated heterocycles. The zero-order valence-electron chi connectivity index (χ0n) is 20.4. The van der Waals surface area contributed by atoms with Gasteiger partial charge in [-0.15, -0.1) is 0 Å². The van der Waals surface area contributed by atoms with E-state index in [9.17, 15) is 25.6 Å². The molecule has 0 unspecified atom stereocenters. The van der Waals surface area contributed by atoms with Crippen LogP contribution >= 0.6 is 0 Å². The Morgan fingerprint density at radius 2 is 1.49 bits per heavy atom. The van der Waals surface area contributed by atoms with E-state index in [-0.39, 0.29) is 33.2 Å². The maximum atomic E-state index is 14.4. The predicted octanol–water partition coefficient (Wildman–Crippen LogP) is 3.88. The van der Waals surface area contributed by atoms with Crippen molar-refractivity contribution < 1.29 is 25.6 Å². The van der Waals surface area contributed by atoms with Crippen LogP contribution in [0.2, 0.25) is 0 Å². The second-order valence-corrected chi connectivity index (χ2v) is 12.1. The topological polar surface area (TPSA) is 98.8 Å². The molecule has 198 valence electrons. The number of hydrogen-bond donors (Lipinski definition) is 2. The highest BCUT2D eigenvalue weighted by molar-refractivity contribution is 7.93. The third-order valence-corrected chi connectivity index (χ3v) is 9.00. The number of likely N-dealkylation sites (N-methyl/N-ethyl adjacent to an activating group) is 1. The molecular formula is C25H28F2N4O4S2. The Morgan fingerprint density at radius 1 is 0.811 bits per heavy atom. The first-order chi connectivity index (χ1) is 17.5. The highest BCUT2D eigenvalue weighted by Crippen LogP contribution is 2.33. The smallest absolute Gasteiger partial charge is 0.262 e. The summed E-state index contributed by atoms with van der Waals surface area (Å²) >= 11 is 0. The fraction of sp³-hybridized carbons (Fsp3) is 0.280. The van der Waals surface area contributed by atoms with Crippen LogP contribution in [0, 0.1) is 11.6 Å². The minimum Gasteiger partial charge on any atom is -0.369 e. The van der Waals surface area contributed by atoms with Gasteiger partial charge >= 0.3 is 0 Å². The number of nitrogens with zero attached hydrogens (tertiary/aromatic N) is 2. The summed E-state index contributed by atoms with van der Waals surface area (Å²) in [5, 5.41) is 0. The van der Waals surface area contributed by atoms with Gasteiger partial charge in [-0.3, -0.25) is 9.44 Å². The first-order valence-electron chi connectivity index (χ1n) is 11.7. The number of nitrogens with one attached hydrogen (secondary N) is 2. The molecule has 3 aromatic carbocycles. The number of sulfonamides is 2. The average molecular weight is 551 g/mol. The number of piperazine rings is 1. The van der Waals surface area contributed by atoms with Crippen molar-refractivity contribution in [3.8, 4) is 0 Å². The van der Waals surface area contributed by atoms with Crippen LogP contribution in [0.1, 0.15) is 12.5 Å². The van der Waals surface area contributed by atoms with Crippen molar-refractivity contribution in [2.45, 2.75) is 23.1 Å². The molecule has 0 aromatic heterocycles. The molecule has 4 rings (SSSR count). The summed E-state index contributed by atoms with van der Waals surface area (Å²) in [4.78, 5) is 3.67. The Labute approximate surface area is 216 Å². The molecule has 0 atom stereocenters. The molecule has 12 heteroatoms. The Morgan fingerprint density at radius 3 is 2.16 bits per heavy atom. The molecule has 1 aliphatic heterocycles. The zero-order valence-corrected chi connectivity index (χ0v) is 22.0. The molecular weight excluding hydrogens is 522 g/mol. The second-order valence-electron chi connectivity index (χ2n) is 8.76. The number of hydrogen-bond acceptors (Lipinski definition) is 6. The molecule has 1 aliphatic rings. The van der Waals surface area contributed by atoms with E-state index in [0.29, 0.717) is 18.8 Å². The highest BCUT2D eigenvalue weighted by atomic mass is 32.2. The summed E-state index contributed by atoms with van der Waals surface area (Å²) in [6.07, 6.45) is 0.142. The van der Waals surface area contributed by atoms with E-state index in [1.807, 2.05) is 7.05 Å². The van der Waals surface area contributed by atoms with E-state index < -0.39 is 31.7 Å². The molecule has 8 nitrogen and oxygen atoms in total. The molecule has 0 aliphatic carbocycles. The summed E-state index contributed by atoms with van der Waals surface area (Å²) in [5.74, 6) is -1.38. The van der Waals surface area contributed by atoms with Crippen LogP contribution in [-0.4, -0.2) is 55.0 Å². The largest absolute Gasteiger partial charge is 0.369 e. The lowest BCUT2D eigenvalue weighted by Crippen LogP contribution is -2.44. The molecule has 0 spiro atoms. The van der Waals surface area contributed by atoms with E-state index in [4.69, 9.17) is 0 Å². The number of halogens is 2. The number of anilines is 3. The Kier molecular flexibility index (Phi) is 7.72. The van der Waals surface area contributed by atoms with Gasteiger partial charge in [-0.25, -0.2) is 25.6 Å². The first-order valence-corrected chi connectivity index (χ1v) is 14.6. The molecule has 0 bridgehead atoms. The minimum absolute atomic E-state index is 0.0205. The van der Waals surface area contributed by atoms with Crippen LogP contribution in [0.25, 0.3) is 0 Å². The molecule has 37 heavy (non-hydrogen) atoms. The standard InChI is InChI=1S/C25H28F2N4O4S2/c1-3-21-22(27)8-5-9-25(21)37(34,35)29-24-17-19(31-14-12-30(2)13-15-31)10-11-23(24)28-36(32,33)20-7-4-6-18(26)16-20/h4-11,16-17,28-29H,3,12-15H2,1-2H3. The third-order valence-electron chi connectivity index (χ3n) is 6.19. The van der Waals surface area contributed by atoms with Gasteiger partial charge in [0.15, 0.2) is 0 Å². The van der Waals surface area contributed by atoms with Gasteiger partial charge in [0.25, 0.3) is 20.0 Å². The van der Waals surface area contributed by atoms with E-state index in [2.05, 4.69) is 19.2 Å². The van der Waals surface area contributed by atoms with Crippen LogP contribution in [0.5, 0.6) is 0 Å². The maximum absolute atomic E-state index is 14.4.